The summed E-state index contributed by atoms with van der Waals surface area (Å²) >= 11 is 0. The molecule has 1 N–H and O–H groups in total. The highest BCUT2D eigenvalue weighted by atomic mass is 16.5. The maximum Gasteiger partial charge on any atom is 0.336 e. The Morgan fingerprint density at radius 1 is 1.41 bits per heavy atom. The van der Waals surface area contributed by atoms with Crippen molar-refractivity contribution in [3.05, 3.63) is 35.9 Å². The molecule has 1 aliphatic heterocycles. The van der Waals surface area contributed by atoms with E-state index in [9.17, 15) is 4.79 Å². The lowest BCUT2D eigenvalue weighted by Crippen LogP contribution is -2.36. The van der Waals surface area contributed by atoms with Crippen molar-refractivity contribution in [1.82, 2.24) is 0 Å². The third-order valence-corrected chi connectivity index (χ3v) is 2.86. The minimum atomic E-state index is -0.921. The van der Waals surface area contributed by atoms with Gasteiger partial charge < -0.3 is 14.7 Å². The van der Waals surface area contributed by atoms with Crippen LogP contribution in [0.2, 0.25) is 0 Å². The molecule has 0 unspecified atom stereocenters. The van der Waals surface area contributed by atoms with Gasteiger partial charge in [0.1, 0.15) is 0 Å². The van der Waals surface area contributed by atoms with Crippen molar-refractivity contribution >= 4 is 17.7 Å². The monoisotopic (exact) mass is 233 g/mol. The molecule has 0 spiro atoms. The van der Waals surface area contributed by atoms with Crippen LogP contribution in [0.5, 0.6) is 0 Å². The average molecular weight is 233 g/mol. The van der Waals surface area contributed by atoms with Crippen molar-refractivity contribution in [3.63, 3.8) is 0 Å². The van der Waals surface area contributed by atoms with Crippen LogP contribution in [0.15, 0.2) is 24.8 Å². The fraction of sp³-hybridized carbons (Fsp3) is 0.308. The number of aromatic carboxylic acids is 1. The number of rotatable bonds is 3. The van der Waals surface area contributed by atoms with Crippen LogP contribution >= 0.6 is 0 Å². The molecule has 1 aromatic rings. The van der Waals surface area contributed by atoms with Gasteiger partial charge >= 0.3 is 5.97 Å². The first kappa shape index (κ1) is 11.7. The van der Waals surface area contributed by atoms with Gasteiger partial charge in [-0.2, -0.15) is 0 Å². The number of benzene rings is 1. The number of carboxylic acids is 1. The Hall–Kier alpha value is -1.81. The highest BCUT2D eigenvalue weighted by Gasteiger charge is 2.14. The molecule has 0 radical (unpaired) electrons. The van der Waals surface area contributed by atoms with E-state index in [-0.39, 0.29) is 0 Å². The standard InChI is InChI=1S/C13H15NO3/c1-2-10-3-4-11(9-12(10)13(15)16)14-5-7-17-8-6-14/h2-4,9H,1,5-8H2,(H,15,16). The minimum Gasteiger partial charge on any atom is -0.478 e. The molecule has 2 rings (SSSR count). The van der Waals surface area contributed by atoms with Crippen molar-refractivity contribution in [2.24, 2.45) is 0 Å². The van der Waals surface area contributed by atoms with Gasteiger partial charge in [-0.1, -0.05) is 18.7 Å². The molecule has 1 aliphatic rings. The zero-order valence-corrected chi connectivity index (χ0v) is 9.56. The van der Waals surface area contributed by atoms with Crippen LogP contribution in [0.4, 0.5) is 5.69 Å². The second kappa shape index (κ2) is 5.01. The lowest BCUT2D eigenvalue weighted by Gasteiger charge is -2.29. The maximum absolute atomic E-state index is 11.1. The van der Waals surface area contributed by atoms with Crippen LogP contribution in [0.25, 0.3) is 6.08 Å². The van der Waals surface area contributed by atoms with E-state index in [0.717, 1.165) is 18.8 Å². The summed E-state index contributed by atoms with van der Waals surface area (Å²) in [7, 11) is 0. The van der Waals surface area contributed by atoms with E-state index in [2.05, 4.69) is 11.5 Å². The largest absolute Gasteiger partial charge is 0.478 e. The number of nitrogens with zero attached hydrogens (tertiary/aromatic N) is 1. The molecule has 4 heteroatoms. The van der Waals surface area contributed by atoms with E-state index in [0.29, 0.717) is 24.3 Å². The number of ether oxygens (including phenoxy) is 1. The first-order chi connectivity index (χ1) is 8.22. The predicted molar refractivity (Wildman–Crippen MR) is 66.5 cm³/mol. The zero-order chi connectivity index (χ0) is 12.3. The molecule has 0 amide bonds. The normalized spacial score (nSPS) is 15.6. The van der Waals surface area contributed by atoms with Crippen molar-refractivity contribution in [1.29, 1.82) is 0 Å². The van der Waals surface area contributed by atoms with E-state index >= 15 is 0 Å². The number of carboxylic acid groups (broad SMARTS) is 1. The summed E-state index contributed by atoms with van der Waals surface area (Å²) < 4.78 is 5.27. The molecule has 4 nitrogen and oxygen atoms in total. The van der Waals surface area contributed by atoms with Gasteiger partial charge in [-0.3, -0.25) is 0 Å². The molecule has 0 atom stereocenters. The second-order valence-corrected chi connectivity index (χ2v) is 3.88. The Kier molecular flexibility index (Phi) is 3.44. The molecule has 0 saturated carbocycles. The Bertz CT molecular complexity index is 436. The Labute approximate surface area is 100 Å². The van der Waals surface area contributed by atoms with Crippen molar-refractivity contribution in [3.8, 4) is 0 Å². The Morgan fingerprint density at radius 3 is 2.71 bits per heavy atom. The summed E-state index contributed by atoms with van der Waals surface area (Å²) in [5.41, 5.74) is 1.87. The highest BCUT2D eigenvalue weighted by molar-refractivity contribution is 5.93. The average Bonchev–Trinajstić information content (AvgIpc) is 2.39. The van der Waals surface area contributed by atoms with Gasteiger partial charge in [0.2, 0.25) is 0 Å². The number of carbonyl (C=O) groups is 1. The quantitative estimate of drug-likeness (QED) is 0.865. The Balaban J connectivity index is 2.32. The van der Waals surface area contributed by atoms with Crippen LogP contribution < -0.4 is 4.90 Å². The summed E-state index contributed by atoms with van der Waals surface area (Å²) in [6, 6.07) is 5.42. The summed E-state index contributed by atoms with van der Waals surface area (Å²) in [6.07, 6.45) is 1.56. The molecule has 1 aromatic carbocycles. The molecule has 1 saturated heterocycles. The van der Waals surface area contributed by atoms with Gasteiger partial charge in [0, 0.05) is 18.8 Å². The van der Waals surface area contributed by atoms with Gasteiger partial charge in [0.15, 0.2) is 0 Å². The molecular weight excluding hydrogens is 218 g/mol. The van der Waals surface area contributed by atoms with Crippen LogP contribution in [0, 0.1) is 0 Å². The first-order valence-electron chi connectivity index (χ1n) is 5.55. The molecule has 17 heavy (non-hydrogen) atoms. The number of anilines is 1. The summed E-state index contributed by atoms with van der Waals surface area (Å²) in [6.45, 7) is 6.59. The van der Waals surface area contributed by atoms with Gasteiger partial charge in [0.05, 0.1) is 18.8 Å². The number of hydrogen-bond acceptors (Lipinski definition) is 3. The molecular formula is C13H15NO3. The highest BCUT2D eigenvalue weighted by Crippen LogP contribution is 2.21. The Morgan fingerprint density at radius 2 is 2.12 bits per heavy atom. The van der Waals surface area contributed by atoms with Crippen molar-refractivity contribution < 1.29 is 14.6 Å². The minimum absolute atomic E-state index is 0.295. The SMILES string of the molecule is C=Cc1ccc(N2CCOCC2)cc1C(=O)O. The van der Waals surface area contributed by atoms with E-state index in [4.69, 9.17) is 9.84 Å². The second-order valence-electron chi connectivity index (χ2n) is 3.88. The zero-order valence-electron chi connectivity index (χ0n) is 9.56. The van der Waals surface area contributed by atoms with Crippen LogP contribution in [0.3, 0.4) is 0 Å². The molecule has 0 bridgehead atoms. The van der Waals surface area contributed by atoms with Crippen LogP contribution in [0.1, 0.15) is 15.9 Å². The van der Waals surface area contributed by atoms with Crippen molar-refractivity contribution in [2.45, 2.75) is 0 Å². The molecule has 0 aromatic heterocycles. The van der Waals surface area contributed by atoms with Gasteiger partial charge in [-0.25, -0.2) is 4.79 Å². The summed E-state index contributed by atoms with van der Waals surface area (Å²) in [5, 5.41) is 9.13. The molecule has 0 aliphatic carbocycles. The maximum atomic E-state index is 11.1. The smallest absolute Gasteiger partial charge is 0.336 e. The van der Waals surface area contributed by atoms with Gasteiger partial charge in [0.25, 0.3) is 0 Å². The molecule has 1 heterocycles. The van der Waals surface area contributed by atoms with Crippen LogP contribution in [-0.4, -0.2) is 37.4 Å². The molecule has 90 valence electrons. The first-order valence-corrected chi connectivity index (χ1v) is 5.55. The van der Waals surface area contributed by atoms with E-state index in [1.807, 2.05) is 6.07 Å². The van der Waals surface area contributed by atoms with Crippen molar-refractivity contribution in [2.75, 3.05) is 31.2 Å². The summed E-state index contributed by atoms with van der Waals surface area (Å²) in [5.74, 6) is -0.921. The third-order valence-electron chi connectivity index (χ3n) is 2.86. The fourth-order valence-electron chi connectivity index (χ4n) is 1.93. The van der Waals surface area contributed by atoms with Crippen LogP contribution in [-0.2, 0) is 4.74 Å². The van der Waals surface area contributed by atoms with E-state index in [1.54, 1.807) is 18.2 Å². The predicted octanol–water partition coefficient (Wildman–Crippen LogP) is 1.86. The van der Waals surface area contributed by atoms with Gasteiger partial charge in [-0.15, -0.1) is 0 Å². The lowest BCUT2D eigenvalue weighted by molar-refractivity contribution is 0.0696. The fourth-order valence-corrected chi connectivity index (χ4v) is 1.93. The van der Waals surface area contributed by atoms with E-state index < -0.39 is 5.97 Å². The summed E-state index contributed by atoms with van der Waals surface area (Å²) in [4.78, 5) is 13.3. The van der Waals surface area contributed by atoms with E-state index in [1.165, 1.54) is 0 Å². The third kappa shape index (κ3) is 2.47. The topological polar surface area (TPSA) is 49.8 Å². The molecule has 1 fully saturated rings. The van der Waals surface area contributed by atoms with Gasteiger partial charge in [-0.05, 0) is 17.7 Å². The lowest BCUT2D eigenvalue weighted by atomic mass is 10.1. The number of morpholine rings is 1. The number of hydrogen-bond donors (Lipinski definition) is 1.